The van der Waals surface area contributed by atoms with Gasteiger partial charge in [-0.15, -0.1) is 0 Å². The molecule has 1 aliphatic rings. The highest BCUT2D eigenvalue weighted by molar-refractivity contribution is 5.82. The number of ether oxygens (including phenoxy) is 1. The summed E-state index contributed by atoms with van der Waals surface area (Å²) in [5, 5.41) is 17.9. The Balaban J connectivity index is 2.02. The van der Waals surface area contributed by atoms with Crippen LogP contribution < -0.4 is 4.74 Å². The van der Waals surface area contributed by atoms with Crippen molar-refractivity contribution in [1.29, 1.82) is 5.26 Å². The lowest BCUT2D eigenvalue weighted by atomic mass is 9.93. The molecule has 6 nitrogen and oxygen atoms in total. The van der Waals surface area contributed by atoms with Gasteiger partial charge in [-0.1, -0.05) is 0 Å². The highest BCUT2D eigenvalue weighted by Gasteiger charge is 2.34. The van der Waals surface area contributed by atoms with Gasteiger partial charge in [-0.25, -0.2) is 0 Å². The first-order valence-electron chi connectivity index (χ1n) is 7.62. The van der Waals surface area contributed by atoms with Gasteiger partial charge < -0.3 is 14.7 Å². The van der Waals surface area contributed by atoms with Crippen molar-refractivity contribution in [1.82, 2.24) is 4.90 Å². The molecule has 1 heterocycles. The Labute approximate surface area is 135 Å². The summed E-state index contributed by atoms with van der Waals surface area (Å²) in [5.41, 5.74) is 0.519. The van der Waals surface area contributed by atoms with Crippen LogP contribution in [-0.2, 0) is 9.59 Å². The molecule has 1 aromatic rings. The summed E-state index contributed by atoms with van der Waals surface area (Å²) in [4.78, 5) is 25.3. The third kappa shape index (κ3) is 4.01. The number of carboxylic acid groups (broad SMARTS) is 1. The van der Waals surface area contributed by atoms with Gasteiger partial charge in [-0.05, 0) is 51.0 Å². The summed E-state index contributed by atoms with van der Waals surface area (Å²) in [5.74, 6) is -1.09. The molecule has 1 aliphatic heterocycles. The number of aliphatic carboxylic acids is 1. The van der Waals surface area contributed by atoms with Crippen LogP contribution >= 0.6 is 0 Å². The van der Waals surface area contributed by atoms with Crippen molar-refractivity contribution in [3.63, 3.8) is 0 Å². The molecule has 1 amide bonds. The first-order valence-corrected chi connectivity index (χ1v) is 7.62. The molecule has 23 heavy (non-hydrogen) atoms. The molecule has 1 fully saturated rings. The van der Waals surface area contributed by atoms with Gasteiger partial charge in [0.05, 0.1) is 17.6 Å². The minimum atomic E-state index is -0.865. The van der Waals surface area contributed by atoms with Crippen LogP contribution in [0.15, 0.2) is 24.3 Å². The van der Waals surface area contributed by atoms with E-state index in [1.807, 2.05) is 13.0 Å². The number of nitrogens with zero attached hydrogens (tertiary/aromatic N) is 2. The molecule has 0 saturated carbocycles. The Morgan fingerprint density at radius 3 is 2.57 bits per heavy atom. The van der Waals surface area contributed by atoms with Gasteiger partial charge in [0.2, 0.25) is 0 Å². The van der Waals surface area contributed by atoms with E-state index in [9.17, 15) is 9.59 Å². The molecule has 0 aliphatic carbocycles. The molecule has 2 rings (SSSR count). The van der Waals surface area contributed by atoms with Crippen LogP contribution in [0.5, 0.6) is 5.75 Å². The van der Waals surface area contributed by atoms with E-state index in [0.29, 0.717) is 24.2 Å². The average molecular weight is 316 g/mol. The number of amides is 1. The molecule has 122 valence electrons. The van der Waals surface area contributed by atoms with Gasteiger partial charge in [-0.3, -0.25) is 9.59 Å². The molecular weight excluding hydrogens is 296 g/mol. The maximum absolute atomic E-state index is 12.6. The molecular formula is C17H20N2O4. The fraction of sp³-hybridized carbons (Fsp3) is 0.471. The summed E-state index contributed by atoms with van der Waals surface area (Å²) in [6.45, 7) is 3.79. The van der Waals surface area contributed by atoms with Crippen molar-refractivity contribution in [2.45, 2.75) is 38.8 Å². The first kappa shape index (κ1) is 16.8. The van der Waals surface area contributed by atoms with Gasteiger partial charge in [0.15, 0.2) is 6.10 Å². The number of hydrogen-bond donors (Lipinski definition) is 1. The monoisotopic (exact) mass is 316 g/mol. The van der Waals surface area contributed by atoms with Gasteiger partial charge in [-0.2, -0.15) is 5.26 Å². The number of likely N-dealkylation sites (tertiary alicyclic amines) is 1. The highest BCUT2D eigenvalue weighted by atomic mass is 16.5. The maximum Gasteiger partial charge on any atom is 0.308 e. The van der Waals surface area contributed by atoms with E-state index in [-0.39, 0.29) is 18.5 Å². The smallest absolute Gasteiger partial charge is 0.308 e. The van der Waals surface area contributed by atoms with E-state index in [1.165, 1.54) is 0 Å². The summed E-state index contributed by atoms with van der Waals surface area (Å²) in [7, 11) is 0. The summed E-state index contributed by atoms with van der Waals surface area (Å²) in [6, 6.07) is 8.55. The van der Waals surface area contributed by atoms with E-state index in [2.05, 4.69) is 0 Å². The second-order valence-electron chi connectivity index (χ2n) is 5.85. The fourth-order valence-corrected chi connectivity index (χ4v) is 2.71. The number of benzene rings is 1. The lowest BCUT2D eigenvalue weighted by Crippen LogP contribution is -2.51. The van der Waals surface area contributed by atoms with E-state index < -0.39 is 18.0 Å². The Morgan fingerprint density at radius 2 is 2.00 bits per heavy atom. The Kier molecular flexibility index (Phi) is 5.22. The lowest BCUT2D eigenvalue weighted by molar-refractivity contribution is -0.149. The predicted octanol–water partition coefficient (Wildman–Crippen LogP) is 2.04. The molecule has 3 unspecified atom stereocenters. The number of piperidine rings is 1. The normalized spacial score (nSPS) is 22.0. The molecule has 0 spiro atoms. The average Bonchev–Trinajstić information content (AvgIpc) is 2.55. The molecule has 3 atom stereocenters. The third-order valence-electron chi connectivity index (χ3n) is 4.16. The first-order chi connectivity index (χ1) is 10.9. The van der Waals surface area contributed by atoms with Crippen molar-refractivity contribution in [2.75, 3.05) is 6.54 Å². The zero-order chi connectivity index (χ0) is 17.0. The largest absolute Gasteiger partial charge is 0.481 e. The van der Waals surface area contributed by atoms with Crippen molar-refractivity contribution in [2.24, 2.45) is 5.92 Å². The van der Waals surface area contributed by atoms with Crippen molar-refractivity contribution in [3.05, 3.63) is 29.8 Å². The van der Waals surface area contributed by atoms with Crippen LogP contribution in [0.25, 0.3) is 0 Å². The zero-order valence-corrected chi connectivity index (χ0v) is 13.2. The Hall–Kier alpha value is -2.55. The lowest BCUT2D eigenvalue weighted by Gasteiger charge is -2.37. The quantitative estimate of drug-likeness (QED) is 0.918. The molecule has 0 aromatic heterocycles. The second kappa shape index (κ2) is 7.14. The third-order valence-corrected chi connectivity index (χ3v) is 4.16. The van der Waals surface area contributed by atoms with Crippen molar-refractivity contribution < 1.29 is 19.4 Å². The number of carbonyl (C=O) groups is 2. The van der Waals surface area contributed by atoms with Crippen LogP contribution in [0.4, 0.5) is 0 Å². The number of rotatable bonds is 4. The number of hydrogen-bond acceptors (Lipinski definition) is 4. The summed E-state index contributed by atoms with van der Waals surface area (Å²) in [6.07, 6.45) is 0.551. The number of nitriles is 1. The Morgan fingerprint density at radius 1 is 1.35 bits per heavy atom. The van der Waals surface area contributed by atoms with Crippen LogP contribution in [0.1, 0.15) is 32.3 Å². The van der Waals surface area contributed by atoms with Crippen LogP contribution in [0, 0.1) is 17.2 Å². The molecule has 6 heteroatoms. The molecule has 0 radical (unpaired) electrons. The second-order valence-corrected chi connectivity index (χ2v) is 5.85. The van der Waals surface area contributed by atoms with Crippen molar-refractivity contribution in [3.8, 4) is 11.8 Å². The van der Waals surface area contributed by atoms with Crippen LogP contribution in [0.3, 0.4) is 0 Å². The fourth-order valence-electron chi connectivity index (χ4n) is 2.71. The highest BCUT2D eigenvalue weighted by Crippen LogP contribution is 2.24. The number of carbonyl (C=O) groups excluding carboxylic acids is 1. The van der Waals surface area contributed by atoms with Crippen LogP contribution in [-0.4, -0.2) is 40.6 Å². The number of carboxylic acids is 1. The summed E-state index contributed by atoms with van der Waals surface area (Å²) < 4.78 is 5.62. The van der Waals surface area contributed by atoms with Crippen molar-refractivity contribution >= 4 is 11.9 Å². The molecule has 1 aromatic carbocycles. The molecule has 1 saturated heterocycles. The topological polar surface area (TPSA) is 90.6 Å². The minimum absolute atomic E-state index is 0.00474. The van der Waals surface area contributed by atoms with Gasteiger partial charge in [0, 0.05) is 12.6 Å². The van der Waals surface area contributed by atoms with Gasteiger partial charge in [0.1, 0.15) is 5.75 Å². The molecule has 0 bridgehead atoms. The summed E-state index contributed by atoms with van der Waals surface area (Å²) >= 11 is 0. The standard InChI is InChI=1S/C17H20N2O4/c1-11-3-6-14(17(21)22)10-19(11)16(20)12(2)23-15-7-4-13(9-18)5-8-15/h4-5,7-8,11-12,14H,3,6,10H2,1-2H3,(H,21,22). The van der Waals surface area contributed by atoms with Gasteiger partial charge >= 0.3 is 5.97 Å². The predicted molar refractivity (Wildman–Crippen MR) is 82.8 cm³/mol. The van der Waals surface area contributed by atoms with Crippen LogP contribution in [0.2, 0.25) is 0 Å². The van der Waals surface area contributed by atoms with E-state index in [1.54, 1.807) is 36.1 Å². The zero-order valence-electron chi connectivity index (χ0n) is 13.2. The van der Waals surface area contributed by atoms with E-state index in [4.69, 9.17) is 15.1 Å². The van der Waals surface area contributed by atoms with E-state index >= 15 is 0 Å². The van der Waals surface area contributed by atoms with E-state index in [0.717, 1.165) is 0 Å². The molecule has 1 N–H and O–H groups in total. The SMILES string of the molecule is CC(Oc1ccc(C#N)cc1)C(=O)N1CC(C(=O)O)CCC1C. The minimum Gasteiger partial charge on any atom is -0.481 e. The maximum atomic E-state index is 12.6. The van der Waals surface area contributed by atoms with Gasteiger partial charge in [0.25, 0.3) is 5.91 Å². The Bertz CT molecular complexity index is 620.